The molecule has 7 heteroatoms. The summed E-state index contributed by atoms with van der Waals surface area (Å²) < 4.78 is 0. The fraction of sp³-hybridized carbons (Fsp3) is 0.600. The van der Waals surface area contributed by atoms with Gasteiger partial charge in [-0.3, -0.25) is 4.79 Å². The van der Waals surface area contributed by atoms with Crippen LogP contribution in [0.2, 0.25) is 0 Å². The number of nitrogens with one attached hydrogen (secondary N) is 1. The first-order chi connectivity index (χ1) is 7.97. The maximum Gasteiger partial charge on any atom is 0.232 e. The van der Waals surface area contributed by atoms with E-state index in [1.807, 2.05) is 5.92 Å². The molecule has 0 unspecified atom stereocenters. The highest BCUT2D eigenvalue weighted by molar-refractivity contribution is 5.81. The minimum absolute atomic E-state index is 0.201. The van der Waals surface area contributed by atoms with Crippen molar-refractivity contribution in [2.24, 2.45) is 0 Å². The zero-order chi connectivity index (χ0) is 13.4. The van der Waals surface area contributed by atoms with Crippen molar-refractivity contribution >= 4 is 12.2 Å². The van der Waals surface area contributed by atoms with E-state index in [4.69, 9.17) is 16.6 Å². The van der Waals surface area contributed by atoms with Crippen LogP contribution in [0.3, 0.4) is 0 Å². The summed E-state index contributed by atoms with van der Waals surface area (Å²) in [5.41, 5.74) is 0. The van der Waals surface area contributed by atoms with Gasteiger partial charge in [-0.05, 0) is 0 Å². The fourth-order valence-corrected chi connectivity index (χ4v) is 1.08. The van der Waals surface area contributed by atoms with Crippen LogP contribution < -0.4 is 5.32 Å². The maximum atomic E-state index is 11.1. The molecule has 0 heterocycles. The average Bonchev–Trinajstić information content (AvgIpc) is 2.33. The van der Waals surface area contributed by atoms with Gasteiger partial charge in [-0.1, -0.05) is 5.92 Å². The summed E-state index contributed by atoms with van der Waals surface area (Å²) in [7, 11) is 0. The van der Waals surface area contributed by atoms with Crippen LogP contribution in [0.25, 0.3) is 0 Å². The van der Waals surface area contributed by atoms with Gasteiger partial charge in [0.25, 0.3) is 0 Å². The molecule has 1 amide bonds. The molecule has 0 radical (unpaired) electrons. The van der Waals surface area contributed by atoms with Crippen molar-refractivity contribution in [1.29, 1.82) is 0 Å². The smallest absolute Gasteiger partial charge is 0.232 e. The summed E-state index contributed by atoms with van der Waals surface area (Å²) in [6.45, 7) is -0.790. The number of rotatable bonds is 7. The number of carbonyl (C=O) groups is 2. The summed E-state index contributed by atoms with van der Waals surface area (Å²) in [6.07, 6.45) is -0.329. The van der Waals surface area contributed by atoms with Gasteiger partial charge in [0.2, 0.25) is 5.91 Å². The van der Waals surface area contributed by atoms with Gasteiger partial charge in [0.1, 0.15) is 30.6 Å². The number of hydrogen-bond donors (Lipinski definition) is 5. The largest absolute Gasteiger partial charge is 0.394 e. The summed E-state index contributed by atoms with van der Waals surface area (Å²) in [6, 6.07) is -1.41. The molecule has 0 saturated heterocycles. The third kappa shape index (κ3) is 4.93. The third-order valence-corrected chi connectivity index (χ3v) is 2.04. The molecule has 0 fully saturated rings. The highest BCUT2D eigenvalue weighted by atomic mass is 16.4. The number of aliphatic hydroxyl groups excluding tert-OH is 4. The Balaban J connectivity index is 4.50. The van der Waals surface area contributed by atoms with E-state index in [-0.39, 0.29) is 12.7 Å². The van der Waals surface area contributed by atoms with Gasteiger partial charge in [-0.2, -0.15) is 0 Å². The monoisotopic (exact) mass is 245 g/mol. The number of hydrogen-bond acceptors (Lipinski definition) is 6. The van der Waals surface area contributed by atoms with Crippen molar-refractivity contribution in [2.45, 2.75) is 30.8 Å². The van der Waals surface area contributed by atoms with Crippen molar-refractivity contribution in [3.05, 3.63) is 0 Å². The van der Waals surface area contributed by atoms with Crippen LogP contribution in [0.1, 0.15) is 6.42 Å². The summed E-state index contributed by atoms with van der Waals surface area (Å²) in [4.78, 5) is 21.7. The number of terminal acetylenes is 1. The summed E-state index contributed by atoms with van der Waals surface area (Å²) in [5.74, 6) is 1.37. The molecule has 0 aliphatic rings. The van der Waals surface area contributed by atoms with E-state index < -0.39 is 36.9 Å². The molecule has 0 aromatic carbocycles. The van der Waals surface area contributed by atoms with Crippen LogP contribution in [-0.4, -0.2) is 63.6 Å². The Morgan fingerprint density at radius 2 is 1.94 bits per heavy atom. The first-order valence-corrected chi connectivity index (χ1v) is 4.81. The summed E-state index contributed by atoms with van der Waals surface area (Å²) >= 11 is 0. The van der Waals surface area contributed by atoms with Crippen molar-refractivity contribution in [1.82, 2.24) is 5.32 Å². The van der Waals surface area contributed by atoms with Gasteiger partial charge >= 0.3 is 0 Å². The molecule has 0 aliphatic heterocycles. The predicted octanol–water partition coefficient (Wildman–Crippen LogP) is -3.23. The lowest BCUT2D eigenvalue weighted by Gasteiger charge is -2.25. The minimum Gasteiger partial charge on any atom is -0.394 e. The van der Waals surface area contributed by atoms with Crippen LogP contribution in [0, 0.1) is 12.3 Å². The van der Waals surface area contributed by atoms with Gasteiger partial charge < -0.3 is 30.5 Å². The Bertz CT molecular complexity index is 300. The zero-order valence-electron chi connectivity index (χ0n) is 8.98. The highest BCUT2D eigenvalue weighted by Gasteiger charge is 2.31. The molecular formula is C10H15NO6. The Morgan fingerprint density at radius 1 is 1.35 bits per heavy atom. The normalized spacial score (nSPS) is 17.4. The molecule has 17 heavy (non-hydrogen) atoms. The fourth-order valence-electron chi connectivity index (χ4n) is 1.08. The standard InChI is InChI=1S/C10H15NO6/c1-2-3-8(15)11-6(4-12)9(16)10(17)7(14)5-13/h1,4,6-7,9-10,13-14,16-17H,3,5H2,(H,11,15)/t6-,7-,9-,10-/m1/s1. The van der Waals surface area contributed by atoms with Gasteiger partial charge in [-0.25, -0.2) is 0 Å². The minimum atomic E-state index is -1.76. The zero-order valence-corrected chi connectivity index (χ0v) is 8.98. The number of aldehydes is 1. The van der Waals surface area contributed by atoms with Gasteiger partial charge in [-0.15, -0.1) is 6.42 Å². The van der Waals surface area contributed by atoms with Crippen LogP contribution in [-0.2, 0) is 9.59 Å². The van der Waals surface area contributed by atoms with E-state index in [1.54, 1.807) is 0 Å². The SMILES string of the molecule is C#CCC(=O)N[C@H](C=O)[C@@H](O)[C@H](O)[C@H](O)CO. The van der Waals surface area contributed by atoms with Crippen LogP contribution >= 0.6 is 0 Å². The molecule has 0 spiro atoms. The van der Waals surface area contributed by atoms with Gasteiger partial charge in [0, 0.05) is 0 Å². The first-order valence-electron chi connectivity index (χ1n) is 4.81. The second-order valence-electron chi connectivity index (χ2n) is 3.34. The predicted molar refractivity (Wildman–Crippen MR) is 56.6 cm³/mol. The van der Waals surface area contributed by atoms with Crippen molar-refractivity contribution in [3.8, 4) is 12.3 Å². The lowest BCUT2D eigenvalue weighted by atomic mass is 10.0. The molecule has 0 bridgehead atoms. The Kier molecular flexibility index (Phi) is 7.09. The Labute approximate surface area is 98.1 Å². The van der Waals surface area contributed by atoms with Crippen LogP contribution in [0.4, 0.5) is 0 Å². The number of carbonyl (C=O) groups excluding carboxylic acids is 2. The Hall–Kier alpha value is -1.46. The van der Waals surface area contributed by atoms with E-state index >= 15 is 0 Å². The van der Waals surface area contributed by atoms with E-state index in [0.29, 0.717) is 0 Å². The number of aliphatic hydroxyl groups is 4. The molecule has 0 aliphatic carbocycles. The maximum absolute atomic E-state index is 11.1. The number of amides is 1. The van der Waals surface area contributed by atoms with Crippen molar-refractivity contribution < 1.29 is 30.0 Å². The molecule has 0 aromatic rings. The quantitative estimate of drug-likeness (QED) is 0.237. The van der Waals surface area contributed by atoms with E-state index in [2.05, 4.69) is 5.32 Å². The lowest BCUT2D eigenvalue weighted by molar-refractivity contribution is -0.130. The second kappa shape index (κ2) is 7.76. The Morgan fingerprint density at radius 3 is 2.35 bits per heavy atom. The molecular weight excluding hydrogens is 230 g/mol. The highest BCUT2D eigenvalue weighted by Crippen LogP contribution is 2.04. The first kappa shape index (κ1) is 15.5. The third-order valence-electron chi connectivity index (χ3n) is 2.04. The molecule has 0 saturated carbocycles. The summed E-state index contributed by atoms with van der Waals surface area (Å²) in [5, 5.41) is 38.5. The average molecular weight is 245 g/mol. The molecule has 4 atom stereocenters. The second-order valence-corrected chi connectivity index (χ2v) is 3.34. The molecule has 0 aromatic heterocycles. The van der Waals surface area contributed by atoms with Gasteiger partial charge in [0.15, 0.2) is 0 Å². The van der Waals surface area contributed by atoms with Crippen molar-refractivity contribution in [2.75, 3.05) is 6.61 Å². The molecule has 96 valence electrons. The van der Waals surface area contributed by atoms with Gasteiger partial charge in [0.05, 0.1) is 13.0 Å². The lowest BCUT2D eigenvalue weighted by Crippen LogP contribution is -2.53. The van der Waals surface area contributed by atoms with Crippen LogP contribution in [0.5, 0.6) is 0 Å². The van der Waals surface area contributed by atoms with E-state index in [1.165, 1.54) is 0 Å². The van der Waals surface area contributed by atoms with Crippen LogP contribution in [0.15, 0.2) is 0 Å². The topological polar surface area (TPSA) is 127 Å². The van der Waals surface area contributed by atoms with Crippen molar-refractivity contribution in [3.63, 3.8) is 0 Å². The molecule has 7 nitrogen and oxygen atoms in total. The molecule has 0 rings (SSSR count). The molecule has 5 N–H and O–H groups in total. The van der Waals surface area contributed by atoms with E-state index in [0.717, 1.165) is 0 Å². The van der Waals surface area contributed by atoms with E-state index in [9.17, 15) is 19.8 Å².